The van der Waals surface area contributed by atoms with Crippen LogP contribution in [-0.4, -0.2) is 30.4 Å². The summed E-state index contributed by atoms with van der Waals surface area (Å²) in [4.78, 5) is 14.4. The van der Waals surface area contributed by atoms with E-state index in [9.17, 15) is 4.79 Å². The molecule has 1 amide bonds. The Morgan fingerprint density at radius 3 is 2.65 bits per heavy atom. The predicted octanol–water partition coefficient (Wildman–Crippen LogP) is 3.12. The lowest BCUT2D eigenvalue weighted by molar-refractivity contribution is -0.128. The molecule has 0 bridgehead atoms. The maximum atomic E-state index is 11.9. The summed E-state index contributed by atoms with van der Waals surface area (Å²) in [6, 6.07) is 2.21. The number of hydrogen-bond acceptors (Lipinski definition) is 3. The molecule has 2 rings (SSSR count). The SMILES string of the molecule is CC(C)(C)C(=O)NCC1CCN(Cc2ccsc2)CC1. The van der Waals surface area contributed by atoms with Gasteiger partial charge in [-0.25, -0.2) is 0 Å². The monoisotopic (exact) mass is 294 g/mol. The number of carbonyl (C=O) groups excluding carboxylic acids is 1. The van der Waals surface area contributed by atoms with Crippen molar-refractivity contribution in [3.05, 3.63) is 22.4 Å². The molecule has 0 unspecified atom stereocenters. The average molecular weight is 294 g/mol. The van der Waals surface area contributed by atoms with Crippen molar-refractivity contribution in [2.45, 2.75) is 40.2 Å². The predicted molar refractivity (Wildman–Crippen MR) is 84.8 cm³/mol. The molecule has 1 N–H and O–H groups in total. The van der Waals surface area contributed by atoms with E-state index in [4.69, 9.17) is 0 Å². The van der Waals surface area contributed by atoms with E-state index < -0.39 is 0 Å². The van der Waals surface area contributed by atoms with Crippen molar-refractivity contribution in [2.24, 2.45) is 11.3 Å². The Morgan fingerprint density at radius 2 is 2.10 bits per heavy atom. The van der Waals surface area contributed by atoms with Crippen LogP contribution in [0.25, 0.3) is 0 Å². The molecule has 1 fully saturated rings. The van der Waals surface area contributed by atoms with E-state index in [0.29, 0.717) is 5.92 Å². The molecule has 2 heterocycles. The fourth-order valence-electron chi connectivity index (χ4n) is 2.49. The van der Waals surface area contributed by atoms with E-state index in [-0.39, 0.29) is 11.3 Å². The third-order valence-electron chi connectivity index (χ3n) is 3.93. The smallest absolute Gasteiger partial charge is 0.225 e. The molecular weight excluding hydrogens is 268 g/mol. The van der Waals surface area contributed by atoms with E-state index in [1.165, 1.54) is 18.4 Å². The second-order valence-electron chi connectivity index (χ2n) is 6.81. The standard InChI is InChI=1S/C16H26N2OS/c1-16(2,3)15(19)17-10-13-4-7-18(8-5-13)11-14-6-9-20-12-14/h6,9,12-13H,4-5,7-8,10-11H2,1-3H3,(H,17,19). The van der Waals surface area contributed by atoms with Crippen LogP contribution < -0.4 is 5.32 Å². The third kappa shape index (κ3) is 4.60. The maximum absolute atomic E-state index is 11.9. The van der Waals surface area contributed by atoms with Gasteiger partial charge in [0.1, 0.15) is 0 Å². The van der Waals surface area contributed by atoms with E-state index >= 15 is 0 Å². The molecule has 1 aliphatic rings. The Kier molecular flexibility index (Phi) is 5.22. The first-order valence-corrected chi connectivity index (χ1v) is 8.41. The zero-order valence-electron chi connectivity index (χ0n) is 12.8. The highest BCUT2D eigenvalue weighted by Crippen LogP contribution is 2.20. The van der Waals surface area contributed by atoms with Gasteiger partial charge >= 0.3 is 0 Å². The average Bonchev–Trinajstić information content (AvgIpc) is 2.89. The van der Waals surface area contributed by atoms with Gasteiger partial charge in [-0.15, -0.1) is 0 Å². The third-order valence-corrected chi connectivity index (χ3v) is 4.66. The fourth-order valence-corrected chi connectivity index (χ4v) is 3.15. The fraction of sp³-hybridized carbons (Fsp3) is 0.688. The topological polar surface area (TPSA) is 32.3 Å². The number of thiophene rings is 1. The first kappa shape index (κ1) is 15.5. The number of carbonyl (C=O) groups is 1. The molecule has 0 radical (unpaired) electrons. The van der Waals surface area contributed by atoms with Gasteiger partial charge in [0.05, 0.1) is 0 Å². The first-order chi connectivity index (χ1) is 9.45. The van der Waals surface area contributed by atoms with Gasteiger partial charge in [-0.3, -0.25) is 9.69 Å². The van der Waals surface area contributed by atoms with E-state index in [0.717, 1.165) is 26.2 Å². The zero-order chi connectivity index (χ0) is 14.6. The molecule has 112 valence electrons. The van der Waals surface area contributed by atoms with Crippen LogP contribution in [0.15, 0.2) is 16.8 Å². The highest BCUT2D eigenvalue weighted by Gasteiger charge is 2.24. The van der Waals surface area contributed by atoms with Crippen molar-refractivity contribution < 1.29 is 4.79 Å². The Labute approximate surface area is 126 Å². The Morgan fingerprint density at radius 1 is 1.40 bits per heavy atom. The Balaban J connectivity index is 1.68. The van der Waals surface area contributed by atoms with Gasteiger partial charge in [-0.05, 0) is 54.2 Å². The molecule has 0 aliphatic carbocycles. The quantitative estimate of drug-likeness (QED) is 0.925. The molecule has 3 nitrogen and oxygen atoms in total. The molecular formula is C16H26N2OS. The largest absolute Gasteiger partial charge is 0.355 e. The van der Waals surface area contributed by atoms with Crippen molar-refractivity contribution in [3.8, 4) is 0 Å². The number of rotatable bonds is 4. The number of amides is 1. The van der Waals surface area contributed by atoms with E-state index in [2.05, 4.69) is 27.0 Å². The summed E-state index contributed by atoms with van der Waals surface area (Å²) in [5.41, 5.74) is 1.15. The molecule has 1 aromatic rings. The summed E-state index contributed by atoms with van der Waals surface area (Å²) in [5, 5.41) is 7.47. The van der Waals surface area contributed by atoms with Gasteiger partial charge in [0, 0.05) is 18.5 Å². The summed E-state index contributed by atoms with van der Waals surface area (Å²) in [6.45, 7) is 10.1. The second kappa shape index (κ2) is 6.72. The van der Waals surface area contributed by atoms with Gasteiger partial charge in [0.15, 0.2) is 0 Å². The molecule has 0 spiro atoms. The molecule has 1 aliphatic heterocycles. The minimum absolute atomic E-state index is 0.165. The van der Waals surface area contributed by atoms with Crippen molar-refractivity contribution in [1.29, 1.82) is 0 Å². The van der Waals surface area contributed by atoms with Crippen LogP contribution >= 0.6 is 11.3 Å². The summed E-state index contributed by atoms with van der Waals surface area (Å²) in [5.74, 6) is 0.804. The number of nitrogens with one attached hydrogen (secondary N) is 1. The van der Waals surface area contributed by atoms with Crippen LogP contribution in [-0.2, 0) is 11.3 Å². The lowest BCUT2D eigenvalue weighted by atomic mass is 9.93. The molecule has 20 heavy (non-hydrogen) atoms. The van der Waals surface area contributed by atoms with Gasteiger partial charge in [0.2, 0.25) is 5.91 Å². The minimum Gasteiger partial charge on any atom is -0.355 e. The Bertz CT molecular complexity index is 414. The van der Waals surface area contributed by atoms with Crippen molar-refractivity contribution in [3.63, 3.8) is 0 Å². The summed E-state index contributed by atoms with van der Waals surface area (Å²) >= 11 is 1.77. The van der Waals surface area contributed by atoms with E-state index in [1.54, 1.807) is 11.3 Å². The highest BCUT2D eigenvalue weighted by molar-refractivity contribution is 7.07. The van der Waals surface area contributed by atoms with E-state index in [1.807, 2.05) is 20.8 Å². The van der Waals surface area contributed by atoms with Crippen molar-refractivity contribution >= 4 is 17.2 Å². The molecule has 0 saturated carbocycles. The maximum Gasteiger partial charge on any atom is 0.225 e. The Hall–Kier alpha value is -0.870. The molecule has 0 atom stereocenters. The van der Waals surface area contributed by atoms with Gasteiger partial charge < -0.3 is 5.32 Å². The number of nitrogens with zero attached hydrogens (tertiary/aromatic N) is 1. The van der Waals surface area contributed by atoms with Crippen molar-refractivity contribution in [1.82, 2.24) is 10.2 Å². The number of hydrogen-bond donors (Lipinski definition) is 1. The number of likely N-dealkylation sites (tertiary alicyclic amines) is 1. The second-order valence-corrected chi connectivity index (χ2v) is 7.59. The van der Waals surface area contributed by atoms with Gasteiger partial charge in [-0.1, -0.05) is 20.8 Å². The summed E-state index contributed by atoms with van der Waals surface area (Å²) in [7, 11) is 0. The molecule has 4 heteroatoms. The minimum atomic E-state index is -0.278. The molecule has 1 saturated heterocycles. The van der Waals surface area contributed by atoms with Crippen LogP contribution in [0.4, 0.5) is 0 Å². The van der Waals surface area contributed by atoms with Gasteiger partial charge in [0.25, 0.3) is 0 Å². The molecule has 0 aromatic carbocycles. The van der Waals surface area contributed by atoms with Crippen LogP contribution in [0, 0.1) is 11.3 Å². The lowest BCUT2D eigenvalue weighted by Crippen LogP contribution is -2.41. The van der Waals surface area contributed by atoms with Crippen LogP contribution in [0.3, 0.4) is 0 Å². The summed E-state index contributed by atoms with van der Waals surface area (Å²) in [6.07, 6.45) is 2.38. The first-order valence-electron chi connectivity index (χ1n) is 7.47. The zero-order valence-corrected chi connectivity index (χ0v) is 13.6. The highest BCUT2D eigenvalue weighted by atomic mass is 32.1. The normalized spacial score (nSPS) is 18.1. The van der Waals surface area contributed by atoms with Crippen LogP contribution in [0.1, 0.15) is 39.2 Å². The van der Waals surface area contributed by atoms with Crippen LogP contribution in [0.2, 0.25) is 0 Å². The summed E-state index contributed by atoms with van der Waals surface area (Å²) < 4.78 is 0. The lowest BCUT2D eigenvalue weighted by Gasteiger charge is -2.32. The van der Waals surface area contributed by atoms with Crippen molar-refractivity contribution in [2.75, 3.05) is 19.6 Å². The van der Waals surface area contributed by atoms with Crippen LogP contribution in [0.5, 0.6) is 0 Å². The number of piperidine rings is 1. The van der Waals surface area contributed by atoms with Gasteiger partial charge in [-0.2, -0.15) is 11.3 Å². The molecule has 1 aromatic heterocycles.